The standard InChI is InChI=1S/C28H28N2O3S2/c1-17-13-18(2)30-27(29-17)34-16-21-15-25(20-7-10-23(31)24(14-20)33-3)35-26(21)19-5-8-22(9-6-19)28(32)11-4-12-28/h5-10,13-15,31-32H,4,11-12,16H2,1-3H3. The molecule has 5 nitrogen and oxygen atoms in total. The molecule has 0 bridgehead atoms. The van der Waals surface area contributed by atoms with Crippen molar-refractivity contribution in [3.8, 4) is 32.4 Å². The summed E-state index contributed by atoms with van der Waals surface area (Å²) < 4.78 is 5.33. The van der Waals surface area contributed by atoms with E-state index in [-0.39, 0.29) is 5.75 Å². The monoisotopic (exact) mass is 504 g/mol. The first kappa shape index (κ1) is 23.9. The summed E-state index contributed by atoms with van der Waals surface area (Å²) >= 11 is 3.34. The maximum absolute atomic E-state index is 10.7. The van der Waals surface area contributed by atoms with Gasteiger partial charge < -0.3 is 14.9 Å². The van der Waals surface area contributed by atoms with Crippen LogP contribution in [0.25, 0.3) is 20.9 Å². The number of ether oxygens (including phenoxy) is 1. The fraction of sp³-hybridized carbons (Fsp3) is 0.286. The molecule has 0 saturated heterocycles. The van der Waals surface area contributed by atoms with E-state index < -0.39 is 5.60 Å². The molecule has 0 atom stereocenters. The smallest absolute Gasteiger partial charge is 0.188 e. The lowest BCUT2D eigenvalue weighted by molar-refractivity contribution is -0.0387. The summed E-state index contributed by atoms with van der Waals surface area (Å²) in [5, 5.41) is 21.5. The number of thiophene rings is 1. The minimum atomic E-state index is -0.666. The van der Waals surface area contributed by atoms with Crippen molar-refractivity contribution in [3.63, 3.8) is 0 Å². The van der Waals surface area contributed by atoms with Crippen LogP contribution in [0.1, 0.15) is 41.8 Å². The summed E-state index contributed by atoms with van der Waals surface area (Å²) in [7, 11) is 1.56. The molecule has 0 spiro atoms. The zero-order chi connectivity index (χ0) is 24.6. The first-order valence-electron chi connectivity index (χ1n) is 11.6. The number of benzene rings is 2. The molecule has 1 aliphatic carbocycles. The minimum absolute atomic E-state index is 0.125. The van der Waals surface area contributed by atoms with Crippen LogP contribution < -0.4 is 4.74 Å². The number of thioether (sulfide) groups is 1. The third-order valence-electron chi connectivity index (χ3n) is 6.46. The van der Waals surface area contributed by atoms with Crippen LogP contribution in [0, 0.1) is 13.8 Å². The second-order valence-corrected chi connectivity index (χ2v) is 11.0. The molecule has 2 heterocycles. The van der Waals surface area contributed by atoms with Crippen molar-refractivity contribution >= 4 is 23.1 Å². The molecule has 2 aromatic carbocycles. The molecule has 0 amide bonds. The lowest BCUT2D eigenvalue weighted by atomic mass is 9.75. The lowest BCUT2D eigenvalue weighted by Crippen LogP contribution is -2.33. The molecule has 1 fully saturated rings. The molecule has 5 rings (SSSR count). The molecule has 7 heteroatoms. The van der Waals surface area contributed by atoms with Gasteiger partial charge in [-0.2, -0.15) is 0 Å². The normalized spacial score (nSPS) is 14.5. The first-order valence-corrected chi connectivity index (χ1v) is 13.4. The van der Waals surface area contributed by atoms with E-state index in [2.05, 4.69) is 40.3 Å². The maximum Gasteiger partial charge on any atom is 0.188 e. The van der Waals surface area contributed by atoms with Gasteiger partial charge in [-0.25, -0.2) is 9.97 Å². The molecule has 180 valence electrons. The Bertz CT molecular complexity index is 1340. The first-order chi connectivity index (χ1) is 16.8. The fourth-order valence-corrected chi connectivity index (χ4v) is 6.59. The summed E-state index contributed by atoms with van der Waals surface area (Å²) in [5.74, 6) is 1.31. The van der Waals surface area contributed by atoms with Gasteiger partial charge in [0.05, 0.1) is 12.7 Å². The Labute approximate surface area is 213 Å². The van der Waals surface area contributed by atoms with Crippen molar-refractivity contribution in [2.24, 2.45) is 0 Å². The Balaban J connectivity index is 1.51. The molecule has 0 unspecified atom stereocenters. The lowest BCUT2D eigenvalue weighted by Gasteiger charge is -2.37. The highest BCUT2D eigenvalue weighted by molar-refractivity contribution is 7.98. The predicted octanol–water partition coefficient (Wildman–Crippen LogP) is 6.87. The van der Waals surface area contributed by atoms with E-state index in [0.717, 1.165) is 63.1 Å². The third-order valence-corrected chi connectivity index (χ3v) is 8.63. The average molecular weight is 505 g/mol. The van der Waals surface area contributed by atoms with Crippen molar-refractivity contribution in [3.05, 3.63) is 77.1 Å². The second kappa shape index (κ2) is 9.64. The molecule has 1 aliphatic rings. The number of aliphatic hydroxyl groups is 1. The van der Waals surface area contributed by atoms with Crippen LogP contribution in [0.4, 0.5) is 0 Å². The Kier molecular flexibility index (Phi) is 6.57. The van der Waals surface area contributed by atoms with Gasteiger partial charge in [0.25, 0.3) is 0 Å². The minimum Gasteiger partial charge on any atom is -0.504 e. The van der Waals surface area contributed by atoms with Crippen molar-refractivity contribution < 1.29 is 14.9 Å². The number of hydrogen-bond acceptors (Lipinski definition) is 7. The third kappa shape index (κ3) is 4.94. The molecule has 4 aromatic rings. The number of phenolic OH excluding ortho intramolecular Hbond substituents is 1. The predicted molar refractivity (Wildman–Crippen MR) is 142 cm³/mol. The van der Waals surface area contributed by atoms with E-state index in [1.165, 1.54) is 10.4 Å². The van der Waals surface area contributed by atoms with E-state index in [1.807, 2.05) is 32.0 Å². The van der Waals surface area contributed by atoms with Gasteiger partial charge in [0.1, 0.15) is 0 Å². The van der Waals surface area contributed by atoms with E-state index in [4.69, 9.17) is 4.74 Å². The number of methoxy groups -OCH3 is 1. The number of phenols is 1. The van der Waals surface area contributed by atoms with E-state index >= 15 is 0 Å². The number of rotatable bonds is 7. The Morgan fingerprint density at radius 3 is 2.29 bits per heavy atom. The van der Waals surface area contributed by atoms with Crippen LogP contribution in [-0.2, 0) is 11.4 Å². The maximum atomic E-state index is 10.7. The van der Waals surface area contributed by atoms with E-state index in [0.29, 0.717) is 5.75 Å². The largest absolute Gasteiger partial charge is 0.504 e. The van der Waals surface area contributed by atoms with Crippen molar-refractivity contribution in [1.29, 1.82) is 0 Å². The highest BCUT2D eigenvalue weighted by atomic mass is 32.2. The van der Waals surface area contributed by atoms with Gasteiger partial charge in [-0.05, 0) is 85.7 Å². The summed E-state index contributed by atoms with van der Waals surface area (Å²) in [6.45, 7) is 3.98. The van der Waals surface area contributed by atoms with Crippen molar-refractivity contribution in [1.82, 2.24) is 9.97 Å². The number of aryl methyl sites for hydroxylation is 2. The van der Waals surface area contributed by atoms with Crippen molar-refractivity contribution in [2.45, 2.75) is 49.6 Å². The summed E-state index contributed by atoms with van der Waals surface area (Å²) in [6.07, 6.45) is 2.73. The van der Waals surface area contributed by atoms with E-state index in [9.17, 15) is 10.2 Å². The average Bonchev–Trinajstić information content (AvgIpc) is 3.25. The van der Waals surface area contributed by atoms with Crippen LogP contribution in [0.2, 0.25) is 0 Å². The van der Waals surface area contributed by atoms with Gasteiger partial charge in [-0.1, -0.05) is 36.0 Å². The number of aromatic hydroxyl groups is 1. The number of aromatic nitrogens is 2. The summed E-state index contributed by atoms with van der Waals surface area (Å²) in [6, 6.07) is 18.0. The molecular weight excluding hydrogens is 476 g/mol. The van der Waals surface area contributed by atoms with Crippen LogP contribution in [0.5, 0.6) is 11.5 Å². The van der Waals surface area contributed by atoms with E-state index in [1.54, 1.807) is 36.3 Å². The quantitative estimate of drug-likeness (QED) is 0.211. The zero-order valence-electron chi connectivity index (χ0n) is 20.0. The Morgan fingerprint density at radius 2 is 1.66 bits per heavy atom. The van der Waals surface area contributed by atoms with Crippen LogP contribution in [0.15, 0.2) is 59.8 Å². The number of hydrogen-bond donors (Lipinski definition) is 2. The van der Waals surface area contributed by atoms with Gasteiger partial charge in [0.2, 0.25) is 0 Å². The van der Waals surface area contributed by atoms with Gasteiger partial charge in [-0.3, -0.25) is 0 Å². The number of nitrogens with zero attached hydrogens (tertiary/aromatic N) is 2. The second-order valence-electron chi connectivity index (χ2n) is 9.04. The Morgan fingerprint density at radius 1 is 0.971 bits per heavy atom. The van der Waals surface area contributed by atoms with Crippen LogP contribution >= 0.6 is 23.1 Å². The highest BCUT2D eigenvalue weighted by Crippen LogP contribution is 2.44. The molecule has 2 N–H and O–H groups in total. The Hall–Kier alpha value is -2.87. The van der Waals surface area contributed by atoms with Crippen molar-refractivity contribution in [2.75, 3.05) is 7.11 Å². The summed E-state index contributed by atoms with van der Waals surface area (Å²) in [5.41, 5.74) is 5.56. The molecule has 2 aromatic heterocycles. The van der Waals surface area contributed by atoms with Gasteiger partial charge in [0.15, 0.2) is 16.7 Å². The fourth-order valence-electron chi connectivity index (χ4n) is 4.39. The van der Waals surface area contributed by atoms with Gasteiger partial charge in [-0.15, -0.1) is 11.3 Å². The zero-order valence-corrected chi connectivity index (χ0v) is 21.7. The SMILES string of the molecule is COc1cc(-c2cc(CSc3nc(C)cc(C)n3)c(-c3ccc(C4(O)CCC4)cc3)s2)ccc1O. The molecule has 0 radical (unpaired) electrons. The molecule has 1 saturated carbocycles. The summed E-state index contributed by atoms with van der Waals surface area (Å²) in [4.78, 5) is 11.4. The highest BCUT2D eigenvalue weighted by Gasteiger charge is 2.36. The van der Waals surface area contributed by atoms with Gasteiger partial charge in [0, 0.05) is 26.9 Å². The molecule has 35 heavy (non-hydrogen) atoms. The topological polar surface area (TPSA) is 75.5 Å². The van der Waals surface area contributed by atoms with Gasteiger partial charge >= 0.3 is 0 Å². The molecular formula is C28H28N2O3S2. The molecule has 0 aliphatic heterocycles. The van der Waals surface area contributed by atoms with Crippen LogP contribution in [0.3, 0.4) is 0 Å². The van der Waals surface area contributed by atoms with Crippen LogP contribution in [-0.4, -0.2) is 27.3 Å².